The Morgan fingerprint density at radius 2 is 2.13 bits per heavy atom. The monoisotopic (exact) mass is 203 g/mol. The highest BCUT2D eigenvalue weighted by atomic mass is 15.4. The van der Waals surface area contributed by atoms with Gasteiger partial charge in [0.25, 0.3) is 0 Å². The van der Waals surface area contributed by atoms with E-state index in [0.29, 0.717) is 12.5 Å². The summed E-state index contributed by atoms with van der Waals surface area (Å²) in [6, 6.07) is 4.07. The third kappa shape index (κ3) is 2.31. The lowest BCUT2D eigenvalue weighted by molar-refractivity contribution is 0.671. The van der Waals surface area contributed by atoms with Crippen molar-refractivity contribution in [2.24, 2.45) is 0 Å². The number of rotatable bonds is 2. The van der Waals surface area contributed by atoms with Gasteiger partial charge in [0.2, 0.25) is 5.95 Å². The summed E-state index contributed by atoms with van der Waals surface area (Å²) in [6.45, 7) is 4.63. The highest BCUT2D eigenvalue weighted by Crippen LogP contribution is 2.05. The molecular weight excluding hydrogens is 190 g/mol. The van der Waals surface area contributed by atoms with Crippen LogP contribution in [0.15, 0.2) is 18.5 Å². The smallest absolute Gasteiger partial charge is 0.239 e. The van der Waals surface area contributed by atoms with Gasteiger partial charge in [-0.05, 0) is 31.5 Å². The first-order valence-electron chi connectivity index (χ1n) is 4.72. The van der Waals surface area contributed by atoms with E-state index in [1.165, 1.54) is 5.56 Å². The molecule has 0 radical (unpaired) electrons. The molecule has 2 N–H and O–H groups in total. The van der Waals surface area contributed by atoms with E-state index in [1.54, 1.807) is 11.0 Å². The van der Waals surface area contributed by atoms with Gasteiger partial charge in [0.05, 0.1) is 12.2 Å². The standard InChI is InChI=1S/C10H13N5/c1-7-3-8(2)13-9(4-7)5-15-6-12-10(11)14-15/h3-4,6H,5H2,1-2H3,(H2,11,14). The summed E-state index contributed by atoms with van der Waals surface area (Å²) in [4.78, 5) is 8.27. The van der Waals surface area contributed by atoms with Gasteiger partial charge in [-0.1, -0.05) is 0 Å². The lowest BCUT2D eigenvalue weighted by Gasteiger charge is -2.03. The number of nitrogen functional groups attached to an aromatic ring is 1. The Morgan fingerprint density at radius 1 is 1.33 bits per heavy atom. The molecule has 5 nitrogen and oxygen atoms in total. The Kier molecular flexibility index (Phi) is 2.37. The van der Waals surface area contributed by atoms with Crippen molar-refractivity contribution < 1.29 is 0 Å². The Morgan fingerprint density at radius 3 is 2.73 bits per heavy atom. The van der Waals surface area contributed by atoms with Crippen LogP contribution in [0.1, 0.15) is 17.0 Å². The molecule has 0 bridgehead atoms. The Bertz CT molecular complexity index is 454. The minimum atomic E-state index is 0.291. The summed E-state index contributed by atoms with van der Waals surface area (Å²) < 4.78 is 1.68. The lowest BCUT2D eigenvalue weighted by Crippen LogP contribution is -2.04. The number of pyridine rings is 1. The molecule has 0 saturated carbocycles. The van der Waals surface area contributed by atoms with Crippen molar-refractivity contribution in [3.63, 3.8) is 0 Å². The van der Waals surface area contributed by atoms with Crippen LogP contribution >= 0.6 is 0 Å². The van der Waals surface area contributed by atoms with Crippen molar-refractivity contribution in [2.45, 2.75) is 20.4 Å². The van der Waals surface area contributed by atoms with Gasteiger partial charge in [0.15, 0.2) is 0 Å². The second-order valence-electron chi connectivity index (χ2n) is 3.58. The van der Waals surface area contributed by atoms with Gasteiger partial charge in [0.1, 0.15) is 6.33 Å². The first-order valence-corrected chi connectivity index (χ1v) is 4.72. The van der Waals surface area contributed by atoms with E-state index in [9.17, 15) is 0 Å². The van der Waals surface area contributed by atoms with Crippen molar-refractivity contribution in [2.75, 3.05) is 5.73 Å². The van der Waals surface area contributed by atoms with Crippen LogP contribution in [0.25, 0.3) is 0 Å². The highest BCUT2D eigenvalue weighted by Gasteiger charge is 2.01. The molecule has 2 aromatic heterocycles. The fraction of sp³-hybridized carbons (Fsp3) is 0.300. The lowest BCUT2D eigenvalue weighted by atomic mass is 10.2. The fourth-order valence-electron chi connectivity index (χ4n) is 1.56. The minimum Gasteiger partial charge on any atom is -0.367 e. The van der Waals surface area contributed by atoms with Gasteiger partial charge in [-0.25, -0.2) is 9.67 Å². The van der Waals surface area contributed by atoms with Crippen LogP contribution in [0.5, 0.6) is 0 Å². The van der Waals surface area contributed by atoms with Crippen molar-refractivity contribution in [3.8, 4) is 0 Å². The van der Waals surface area contributed by atoms with Crippen LogP contribution in [0.4, 0.5) is 5.95 Å². The van der Waals surface area contributed by atoms with Gasteiger partial charge >= 0.3 is 0 Å². The van der Waals surface area contributed by atoms with Gasteiger partial charge < -0.3 is 5.73 Å². The zero-order valence-electron chi connectivity index (χ0n) is 8.81. The molecule has 5 heteroatoms. The van der Waals surface area contributed by atoms with E-state index >= 15 is 0 Å². The van der Waals surface area contributed by atoms with E-state index in [0.717, 1.165) is 11.4 Å². The van der Waals surface area contributed by atoms with Gasteiger partial charge in [-0.15, -0.1) is 5.10 Å². The summed E-state index contributed by atoms with van der Waals surface area (Å²) in [5.41, 5.74) is 8.61. The maximum absolute atomic E-state index is 5.43. The molecule has 0 aliphatic rings. The Labute approximate surface area is 88.0 Å². The average Bonchev–Trinajstić information content (AvgIpc) is 2.49. The van der Waals surface area contributed by atoms with Crippen molar-refractivity contribution in [1.82, 2.24) is 19.7 Å². The van der Waals surface area contributed by atoms with Gasteiger partial charge in [0, 0.05) is 5.69 Å². The zero-order chi connectivity index (χ0) is 10.8. The molecule has 0 unspecified atom stereocenters. The third-order valence-corrected chi connectivity index (χ3v) is 2.03. The molecule has 0 aliphatic carbocycles. The summed E-state index contributed by atoms with van der Waals surface area (Å²) in [6.07, 6.45) is 1.61. The topological polar surface area (TPSA) is 69.6 Å². The molecule has 15 heavy (non-hydrogen) atoms. The van der Waals surface area contributed by atoms with Crippen LogP contribution in [0, 0.1) is 13.8 Å². The largest absolute Gasteiger partial charge is 0.367 e. The van der Waals surface area contributed by atoms with Gasteiger partial charge in [-0.2, -0.15) is 0 Å². The normalized spacial score (nSPS) is 10.5. The van der Waals surface area contributed by atoms with E-state index in [2.05, 4.69) is 15.1 Å². The molecule has 0 fully saturated rings. The van der Waals surface area contributed by atoms with Crippen LogP contribution < -0.4 is 5.73 Å². The SMILES string of the molecule is Cc1cc(C)nc(Cn2cnc(N)n2)c1. The number of aryl methyl sites for hydroxylation is 2. The molecular formula is C10H13N5. The van der Waals surface area contributed by atoms with E-state index in [1.807, 2.05) is 26.0 Å². The molecule has 2 aromatic rings. The molecule has 0 spiro atoms. The number of nitrogens with two attached hydrogens (primary N) is 1. The average molecular weight is 203 g/mol. The maximum atomic E-state index is 5.43. The number of hydrogen-bond acceptors (Lipinski definition) is 4. The predicted octanol–water partition coefficient (Wildman–Crippen LogP) is 0.920. The molecule has 0 atom stereocenters. The van der Waals surface area contributed by atoms with E-state index in [-0.39, 0.29) is 0 Å². The Hall–Kier alpha value is -1.91. The molecule has 78 valence electrons. The fourth-order valence-corrected chi connectivity index (χ4v) is 1.56. The summed E-state index contributed by atoms with van der Waals surface area (Å²) in [5, 5.41) is 4.01. The molecule has 2 heterocycles. The summed E-state index contributed by atoms with van der Waals surface area (Å²) in [7, 11) is 0. The molecule has 2 rings (SSSR count). The first kappa shape index (κ1) is 9.64. The second kappa shape index (κ2) is 3.68. The van der Waals surface area contributed by atoms with Crippen LogP contribution in [0.3, 0.4) is 0 Å². The number of hydrogen-bond donors (Lipinski definition) is 1. The number of aromatic nitrogens is 4. The van der Waals surface area contributed by atoms with Crippen LogP contribution in [0.2, 0.25) is 0 Å². The van der Waals surface area contributed by atoms with Crippen LogP contribution in [-0.4, -0.2) is 19.7 Å². The molecule has 0 amide bonds. The zero-order valence-corrected chi connectivity index (χ0v) is 8.81. The second-order valence-corrected chi connectivity index (χ2v) is 3.58. The van der Waals surface area contributed by atoms with Crippen molar-refractivity contribution in [3.05, 3.63) is 35.4 Å². The van der Waals surface area contributed by atoms with Crippen molar-refractivity contribution >= 4 is 5.95 Å². The van der Waals surface area contributed by atoms with E-state index in [4.69, 9.17) is 5.73 Å². The van der Waals surface area contributed by atoms with E-state index < -0.39 is 0 Å². The predicted molar refractivity (Wildman–Crippen MR) is 57.2 cm³/mol. The first-order chi connectivity index (χ1) is 7.13. The van der Waals surface area contributed by atoms with Gasteiger partial charge in [-0.3, -0.25) is 4.98 Å². The van der Waals surface area contributed by atoms with Crippen LogP contribution in [-0.2, 0) is 6.54 Å². The molecule has 0 saturated heterocycles. The summed E-state index contributed by atoms with van der Waals surface area (Å²) in [5.74, 6) is 0.291. The third-order valence-electron chi connectivity index (χ3n) is 2.03. The summed E-state index contributed by atoms with van der Waals surface area (Å²) >= 11 is 0. The number of nitrogens with zero attached hydrogens (tertiary/aromatic N) is 4. The van der Waals surface area contributed by atoms with Crippen molar-refractivity contribution in [1.29, 1.82) is 0 Å². The highest BCUT2D eigenvalue weighted by molar-refractivity contribution is 5.19. The maximum Gasteiger partial charge on any atom is 0.239 e. The quantitative estimate of drug-likeness (QED) is 0.788. The minimum absolute atomic E-state index is 0.291. The molecule has 0 aliphatic heterocycles. The number of anilines is 1. The molecule has 0 aromatic carbocycles. The Balaban J connectivity index is 2.24.